The van der Waals surface area contributed by atoms with E-state index in [0.717, 1.165) is 34.9 Å². The molecule has 0 aliphatic heterocycles. The molecule has 0 aliphatic rings. The van der Waals surface area contributed by atoms with Crippen molar-refractivity contribution in [2.45, 2.75) is 39.8 Å². The average Bonchev–Trinajstić information content (AvgIpc) is 3.03. The van der Waals surface area contributed by atoms with Crippen molar-refractivity contribution in [1.82, 2.24) is 24.3 Å². The minimum Gasteiger partial charge on any atom is -0.399 e. The molecule has 3 rings (SSSR count). The van der Waals surface area contributed by atoms with E-state index >= 15 is 0 Å². The number of nitrogen functional groups attached to an aromatic ring is 1. The third kappa shape index (κ3) is 2.37. The second-order valence-corrected chi connectivity index (χ2v) is 5.49. The normalized spacial score (nSPS) is 11.6. The molecule has 0 saturated heterocycles. The molecule has 0 bridgehead atoms. The molecule has 2 N–H and O–H groups in total. The van der Waals surface area contributed by atoms with Crippen LogP contribution in [0.15, 0.2) is 24.5 Å². The summed E-state index contributed by atoms with van der Waals surface area (Å²) in [4.78, 5) is 4.73. The molecular weight excluding hydrogens is 264 g/mol. The lowest BCUT2D eigenvalue weighted by Gasteiger charge is -2.11. The van der Waals surface area contributed by atoms with Crippen molar-refractivity contribution < 1.29 is 0 Å². The Kier molecular flexibility index (Phi) is 3.37. The Morgan fingerprint density at radius 1 is 1.29 bits per heavy atom. The molecule has 21 heavy (non-hydrogen) atoms. The van der Waals surface area contributed by atoms with Crippen LogP contribution in [0.1, 0.15) is 38.3 Å². The van der Waals surface area contributed by atoms with Gasteiger partial charge in [-0.05, 0) is 25.1 Å². The van der Waals surface area contributed by atoms with E-state index in [2.05, 4.69) is 35.5 Å². The summed E-state index contributed by atoms with van der Waals surface area (Å²) in [7, 11) is 0. The number of anilines is 1. The van der Waals surface area contributed by atoms with Crippen molar-refractivity contribution in [1.29, 1.82) is 0 Å². The van der Waals surface area contributed by atoms with Crippen molar-refractivity contribution in [2.24, 2.45) is 0 Å². The molecule has 3 aromatic rings. The first kappa shape index (κ1) is 13.6. The van der Waals surface area contributed by atoms with Crippen molar-refractivity contribution in [3.63, 3.8) is 0 Å². The summed E-state index contributed by atoms with van der Waals surface area (Å²) >= 11 is 0. The van der Waals surface area contributed by atoms with Gasteiger partial charge in [0.2, 0.25) is 0 Å². The van der Waals surface area contributed by atoms with Crippen LogP contribution < -0.4 is 5.73 Å². The number of imidazole rings is 1. The zero-order valence-corrected chi connectivity index (χ0v) is 12.6. The fourth-order valence-corrected chi connectivity index (χ4v) is 2.58. The van der Waals surface area contributed by atoms with Crippen LogP contribution in [-0.2, 0) is 13.1 Å². The molecule has 0 aliphatic carbocycles. The quantitative estimate of drug-likeness (QED) is 0.746. The largest absolute Gasteiger partial charge is 0.399 e. The molecule has 0 fully saturated rings. The number of fused-ring (bicyclic) bond motifs is 1. The van der Waals surface area contributed by atoms with E-state index in [9.17, 15) is 0 Å². The number of nitrogens with zero attached hydrogens (tertiary/aromatic N) is 5. The highest BCUT2D eigenvalue weighted by Crippen LogP contribution is 2.24. The van der Waals surface area contributed by atoms with E-state index in [4.69, 9.17) is 10.7 Å². The minimum absolute atomic E-state index is 0.330. The highest BCUT2D eigenvalue weighted by Gasteiger charge is 2.16. The molecule has 0 radical (unpaired) electrons. The summed E-state index contributed by atoms with van der Waals surface area (Å²) in [6, 6.07) is 5.85. The van der Waals surface area contributed by atoms with Gasteiger partial charge < -0.3 is 14.9 Å². The average molecular weight is 284 g/mol. The summed E-state index contributed by atoms with van der Waals surface area (Å²) in [6.07, 6.45) is 1.77. The van der Waals surface area contributed by atoms with Gasteiger partial charge in [0.1, 0.15) is 12.2 Å². The summed E-state index contributed by atoms with van der Waals surface area (Å²) in [5.74, 6) is 2.31. The van der Waals surface area contributed by atoms with E-state index in [1.807, 2.05) is 22.8 Å². The lowest BCUT2D eigenvalue weighted by atomic mass is 10.2. The van der Waals surface area contributed by atoms with Gasteiger partial charge >= 0.3 is 0 Å². The Bertz CT molecular complexity index is 768. The maximum Gasteiger partial charge on any atom is 0.152 e. The van der Waals surface area contributed by atoms with Crippen LogP contribution in [0, 0.1) is 0 Å². The third-order valence-electron chi connectivity index (χ3n) is 3.65. The number of hydrogen-bond donors (Lipinski definition) is 1. The molecule has 110 valence electrons. The SMILES string of the molecule is CCn1cnnc1Cn1c(C(C)C)nc2cc(N)ccc21. The molecular formula is C15H20N6. The molecule has 1 aromatic carbocycles. The van der Waals surface area contributed by atoms with Crippen LogP contribution in [-0.4, -0.2) is 24.3 Å². The van der Waals surface area contributed by atoms with Crippen molar-refractivity contribution in [2.75, 3.05) is 5.73 Å². The number of benzene rings is 1. The first-order valence-electron chi connectivity index (χ1n) is 7.22. The number of aromatic nitrogens is 5. The third-order valence-corrected chi connectivity index (χ3v) is 3.65. The minimum atomic E-state index is 0.330. The Morgan fingerprint density at radius 3 is 2.81 bits per heavy atom. The summed E-state index contributed by atoms with van der Waals surface area (Å²) < 4.78 is 4.25. The fourth-order valence-electron chi connectivity index (χ4n) is 2.58. The van der Waals surface area contributed by atoms with Gasteiger partial charge in [-0.15, -0.1) is 10.2 Å². The van der Waals surface area contributed by atoms with Gasteiger partial charge in [0.05, 0.1) is 17.6 Å². The Labute approximate surface area is 123 Å². The zero-order valence-electron chi connectivity index (χ0n) is 12.6. The zero-order chi connectivity index (χ0) is 15.0. The van der Waals surface area contributed by atoms with Crippen LogP contribution in [0.5, 0.6) is 0 Å². The standard InChI is InChI=1S/C15H20N6/c1-4-20-9-17-19-14(20)8-21-13-6-5-11(16)7-12(13)18-15(21)10(2)3/h5-7,9-10H,4,8,16H2,1-3H3. The second kappa shape index (κ2) is 5.20. The lowest BCUT2D eigenvalue weighted by molar-refractivity contribution is 0.621. The maximum atomic E-state index is 5.87. The van der Waals surface area contributed by atoms with Gasteiger partial charge in [-0.3, -0.25) is 0 Å². The van der Waals surface area contributed by atoms with Gasteiger partial charge in [0.25, 0.3) is 0 Å². The van der Waals surface area contributed by atoms with Crippen LogP contribution in [0.2, 0.25) is 0 Å². The van der Waals surface area contributed by atoms with Gasteiger partial charge in [0, 0.05) is 18.2 Å². The highest BCUT2D eigenvalue weighted by atomic mass is 15.3. The molecule has 0 atom stereocenters. The topological polar surface area (TPSA) is 74.5 Å². The summed E-state index contributed by atoms with van der Waals surface area (Å²) in [6.45, 7) is 7.90. The molecule has 6 heteroatoms. The van der Waals surface area contributed by atoms with Gasteiger partial charge in [-0.1, -0.05) is 13.8 Å². The molecule has 0 amide bonds. The van der Waals surface area contributed by atoms with Crippen LogP contribution >= 0.6 is 0 Å². The smallest absolute Gasteiger partial charge is 0.152 e. The van der Waals surface area contributed by atoms with E-state index in [0.29, 0.717) is 12.5 Å². The van der Waals surface area contributed by atoms with Crippen LogP contribution in [0.4, 0.5) is 5.69 Å². The first-order valence-corrected chi connectivity index (χ1v) is 7.22. The molecule has 2 heterocycles. The van der Waals surface area contributed by atoms with E-state index in [1.165, 1.54) is 0 Å². The van der Waals surface area contributed by atoms with Crippen LogP contribution in [0.25, 0.3) is 11.0 Å². The van der Waals surface area contributed by atoms with E-state index < -0.39 is 0 Å². The summed E-state index contributed by atoms with van der Waals surface area (Å²) in [5.41, 5.74) is 8.61. The first-order chi connectivity index (χ1) is 10.1. The van der Waals surface area contributed by atoms with Gasteiger partial charge in [-0.25, -0.2) is 4.98 Å². The molecule has 0 spiro atoms. The molecule has 6 nitrogen and oxygen atoms in total. The molecule has 0 saturated carbocycles. The van der Waals surface area contributed by atoms with Crippen molar-refractivity contribution in [3.8, 4) is 0 Å². The fraction of sp³-hybridized carbons (Fsp3) is 0.400. The van der Waals surface area contributed by atoms with E-state index in [-0.39, 0.29) is 0 Å². The number of hydrogen-bond acceptors (Lipinski definition) is 4. The predicted molar refractivity (Wildman–Crippen MR) is 83.0 cm³/mol. The Balaban J connectivity index is 2.13. The van der Waals surface area contributed by atoms with Crippen LogP contribution in [0.3, 0.4) is 0 Å². The Morgan fingerprint density at radius 2 is 2.10 bits per heavy atom. The molecule has 0 unspecified atom stereocenters. The van der Waals surface area contributed by atoms with Crippen molar-refractivity contribution in [3.05, 3.63) is 36.2 Å². The predicted octanol–water partition coefficient (Wildman–Crippen LogP) is 2.40. The number of aryl methyl sites for hydroxylation is 1. The monoisotopic (exact) mass is 284 g/mol. The number of rotatable bonds is 4. The lowest BCUT2D eigenvalue weighted by Crippen LogP contribution is -2.11. The highest BCUT2D eigenvalue weighted by molar-refractivity contribution is 5.79. The summed E-state index contributed by atoms with van der Waals surface area (Å²) in [5, 5.41) is 8.23. The molecule has 2 aromatic heterocycles. The maximum absolute atomic E-state index is 5.87. The Hall–Kier alpha value is -2.37. The van der Waals surface area contributed by atoms with E-state index in [1.54, 1.807) is 6.33 Å². The van der Waals surface area contributed by atoms with Gasteiger partial charge in [-0.2, -0.15) is 0 Å². The second-order valence-electron chi connectivity index (χ2n) is 5.49. The number of nitrogens with two attached hydrogens (primary N) is 1. The van der Waals surface area contributed by atoms with Gasteiger partial charge in [0.15, 0.2) is 5.82 Å². The van der Waals surface area contributed by atoms with Crippen molar-refractivity contribution >= 4 is 16.7 Å².